The zero-order chi connectivity index (χ0) is 16.4. The maximum atomic E-state index is 13.6. The Morgan fingerprint density at radius 2 is 1.91 bits per heavy atom. The second kappa shape index (κ2) is 5.98. The van der Waals surface area contributed by atoms with E-state index in [1.54, 1.807) is 23.1 Å². The lowest BCUT2D eigenvalue weighted by Gasteiger charge is -2.37. The Kier molecular flexibility index (Phi) is 4.02. The first kappa shape index (κ1) is 15.5. The topological polar surface area (TPSA) is 78.5 Å². The number of carbonyl (C=O) groups is 3. The molecule has 2 fully saturated rings. The Hall–Kier alpha value is -2.44. The summed E-state index contributed by atoms with van der Waals surface area (Å²) >= 11 is 0. The summed E-state index contributed by atoms with van der Waals surface area (Å²) in [6.45, 7) is 0.813. The van der Waals surface area contributed by atoms with Gasteiger partial charge in [0, 0.05) is 19.5 Å². The molecule has 0 unspecified atom stereocenters. The molecule has 1 aromatic carbocycles. The average molecular weight is 319 g/mol. The lowest BCUT2D eigenvalue weighted by molar-refractivity contribution is -0.135. The number of aryl methyl sites for hydroxylation is 1. The van der Waals surface area contributed by atoms with Gasteiger partial charge in [-0.2, -0.15) is 0 Å². The monoisotopic (exact) mass is 319 g/mol. The quantitative estimate of drug-likeness (QED) is 0.815. The van der Waals surface area contributed by atoms with E-state index >= 15 is 0 Å². The molecule has 1 aromatic rings. The molecule has 122 valence electrons. The highest BCUT2D eigenvalue weighted by atomic mass is 19.1. The summed E-state index contributed by atoms with van der Waals surface area (Å²) < 4.78 is 13.6. The van der Waals surface area contributed by atoms with Crippen molar-refractivity contribution in [2.24, 2.45) is 0 Å². The van der Waals surface area contributed by atoms with Crippen LogP contribution in [0.5, 0.6) is 0 Å². The van der Waals surface area contributed by atoms with Crippen LogP contribution >= 0.6 is 0 Å². The second-order valence-corrected chi connectivity index (χ2v) is 5.96. The van der Waals surface area contributed by atoms with Gasteiger partial charge >= 0.3 is 6.03 Å². The van der Waals surface area contributed by atoms with Gasteiger partial charge in [-0.15, -0.1) is 0 Å². The largest absolute Gasteiger partial charge is 0.342 e. The Morgan fingerprint density at radius 1 is 1.22 bits per heavy atom. The van der Waals surface area contributed by atoms with Gasteiger partial charge in [0.1, 0.15) is 11.4 Å². The summed E-state index contributed by atoms with van der Waals surface area (Å²) in [5.41, 5.74) is -0.351. The molecule has 0 bridgehead atoms. The van der Waals surface area contributed by atoms with E-state index in [0.29, 0.717) is 37.9 Å². The molecule has 0 saturated carbocycles. The van der Waals surface area contributed by atoms with Crippen molar-refractivity contribution in [3.05, 3.63) is 35.6 Å². The van der Waals surface area contributed by atoms with Crippen molar-refractivity contribution in [3.8, 4) is 0 Å². The van der Waals surface area contributed by atoms with E-state index < -0.39 is 11.6 Å². The van der Waals surface area contributed by atoms with Crippen LogP contribution in [0.25, 0.3) is 0 Å². The molecule has 0 aliphatic carbocycles. The molecular weight excluding hydrogens is 301 g/mol. The number of likely N-dealkylation sites (tertiary alicyclic amines) is 1. The average Bonchev–Trinajstić information content (AvgIpc) is 2.80. The number of nitrogens with one attached hydrogen (secondary N) is 2. The smallest absolute Gasteiger partial charge is 0.322 e. The lowest BCUT2D eigenvalue weighted by atomic mass is 9.87. The van der Waals surface area contributed by atoms with Gasteiger partial charge in [0.2, 0.25) is 5.91 Å². The molecule has 2 N–H and O–H groups in total. The van der Waals surface area contributed by atoms with Crippen LogP contribution in [-0.2, 0) is 16.0 Å². The van der Waals surface area contributed by atoms with Crippen molar-refractivity contribution in [2.45, 2.75) is 31.2 Å². The molecule has 7 heteroatoms. The van der Waals surface area contributed by atoms with E-state index in [4.69, 9.17) is 0 Å². The molecule has 1 spiro atoms. The highest BCUT2D eigenvalue weighted by Crippen LogP contribution is 2.26. The summed E-state index contributed by atoms with van der Waals surface area (Å²) in [5.74, 6) is -0.683. The lowest BCUT2D eigenvalue weighted by Crippen LogP contribution is -2.55. The molecule has 0 radical (unpaired) electrons. The first-order valence-electron chi connectivity index (χ1n) is 7.65. The van der Waals surface area contributed by atoms with Crippen LogP contribution in [0.1, 0.15) is 24.8 Å². The zero-order valence-electron chi connectivity index (χ0n) is 12.6. The summed E-state index contributed by atoms with van der Waals surface area (Å²) in [6, 6.07) is 5.94. The molecule has 2 saturated heterocycles. The van der Waals surface area contributed by atoms with Gasteiger partial charge < -0.3 is 10.2 Å². The van der Waals surface area contributed by atoms with E-state index in [0.717, 1.165) is 0 Å². The van der Waals surface area contributed by atoms with Crippen molar-refractivity contribution in [1.82, 2.24) is 15.5 Å². The van der Waals surface area contributed by atoms with Crippen molar-refractivity contribution in [1.29, 1.82) is 0 Å². The molecule has 0 atom stereocenters. The van der Waals surface area contributed by atoms with E-state index in [1.807, 2.05) is 0 Å². The van der Waals surface area contributed by atoms with Crippen LogP contribution < -0.4 is 10.6 Å². The molecule has 2 aliphatic rings. The summed E-state index contributed by atoms with van der Waals surface area (Å²) in [6.07, 6.45) is 1.38. The maximum Gasteiger partial charge on any atom is 0.322 e. The Labute approximate surface area is 133 Å². The second-order valence-electron chi connectivity index (χ2n) is 5.96. The van der Waals surface area contributed by atoms with Crippen molar-refractivity contribution >= 4 is 17.8 Å². The third-order valence-corrected chi connectivity index (χ3v) is 4.55. The summed E-state index contributed by atoms with van der Waals surface area (Å²) in [7, 11) is 0. The van der Waals surface area contributed by atoms with Crippen LogP contribution in [0.2, 0.25) is 0 Å². The zero-order valence-corrected chi connectivity index (χ0v) is 12.6. The summed E-state index contributed by atoms with van der Waals surface area (Å²) in [4.78, 5) is 37.0. The standard InChI is InChI=1S/C16H18FN3O3/c17-12-4-2-1-3-11(12)5-6-13(21)20-9-7-16(8-10-20)14(22)18-15(23)19-16/h1-4H,5-10H2,(H2,18,19,22,23). The number of amides is 4. The predicted octanol–water partition coefficient (Wildman–Crippen LogP) is 0.959. The van der Waals surface area contributed by atoms with E-state index in [1.165, 1.54) is 6.07 Å². The van der Waals surface area contributed by atoms with Crippen LogP contribution in [0, 0.1) is 5.82 Å². The van der Waals surface area contributed by atoms with E-state index in [2.05, 4.69) is 10.6 Å². The highest BCUT2D eigenvalue weighted by Gasteiger charge is 2.48. The third-order valence-electron chi connectivity index (χ3n) is 4.55. The third kappa shape index (κ3) is 3.04. The minimum Gasteiger partial charge on any atom is -0.342 e. The van der Waals surface area contributed by atoms with Gasteiger partial charge in [0.25, 0.3) is 5.91 Å². The number of carbonyl (C=O) groups excluding carboxylic acids is 3. The fourth-order valence-electron chi connectivity index (χ4n) is 3.12. The number of rotatable bonds is 3. The molecule has 3 rings (SSSR count). The summed E-state index contributed by atoms with van der Waals surface area (Å²) in [5, 5.41) is 4.90. The van der Waals surface area contributed by atoms with Gasteiger partial charge in [-0.25, -0.2) is 9.18 Å². The molecule has 4 amide bonds. The highest BCUT2D eigenvalue weighted by molar-refractivity contribution is 6.07. The molecule has 23 heavy (non-hydrogen) atoms. The fraction of sp³-hybridized carbons (Fsp3) is 0.438. The van der Waals surface area contributed by atoms with Crippen molar-refractivity contribution in [3.63, 3.8) is 0 Å². The first-order valence-corrected chi connectivity index (χ1v) is 7.65. The number of benzene rings is 1. The Balaban J connectivity index is 1.54. The van der Waals surface area contributed by atoms with Crippen molar-refractivity contribution < 1.29 is 18.8 Å². The Bertz CT molecular complexity index is 654. The number of hydrogen-bond donors (Lipinski definition) is 2. The maximum absolute atomic E-state index is 13.6. The molecular formula is C16H18FN3O3. The predicted molar refractivity (Wildman–Crippen MR) is 79.9 cm³/mol. The molecule has 2 aliphatic heterocycles. The number of hydrogen-bond acceptors (Lipinski definition) is 3. The van der Waals surface area contributed by atoms with Gasteiger partial charge in [-0.1, -0.05) is 18.2 Å². The van der Waals surface area contributed by atoms with E-state index in [-0.39, 0.29) is 24.1 Å². The normalized spacial score (nSPS) is 19.6. The van der Waals surface area contributed by atoms with Gasteiger partial charge in [0.15, 0.2) is 0 Å². The van der Waals surface area contributed by atoms with Gasteiger partial charge in [0.05, 0.1) is 0 Å². The fourth-order valence-corrected chi connectivity index (χ4v) is 3.12. The number of nitrogens with zero attached hydrogens (tertiary/aromatic N) is 1. The minimum absolute atomic E-state index is 0.0622. The van der Waals surface area contributed by atoms with Crippen LogP contribution in [-0.4, -0.2) is 41.4 Å². The van der Waals surface area contributed by atoms with Crippen LogP contribution in [0.15, 0.2) is 24.3 Å². The number of imide groups is 1. The molecule has 2 heterocycles. The molecule has 6 nitrogen and oxygen atoms in total. The van der Waals surface area contributed by atoms with Crippen LogP contribution in [0.3, 0.4) is 0 Å². The first-order chi connectivity index (χ1) is 11.0. The van der Waals surface area contributed by atoms with Crippen LogP contribution in [0.4, 0.5) is 9.18 Å². The number of piperidine rings is 1. The van der Waals surface area contributed by atoms with E-state index in [9.17, 15) is 18.8 Å². The molecule has 0 aromatic heterocycles. The Morgan fingerprint density at radius 3 is 2.52 bits per heavy atom. The minimum atomic E-state index is -0.876. The van der Waals surface area contributed by atoms with Gasteiger partial charge in [-0.05, 0) is 30.9 Å². The number of urea groups is 1. The SMILES string of the molecule is O=C1NC(=O)C2(CCN(C(=O)CCc3ccccc3F)CC2)N1. The van der Waals surface area contributed by atoms with Gasteiger partial charge in [-0.3, -0.25) is 14.9 Å². The number of halogens is 1. The van der Waals surface area contributed by atoms with Crippen molar-refractivity contribution in [2.75, 3.05) is 13.1 Å².